The average Bonchev–Trinajstić information content (AvgIpc) is 2.39. The molecule has 6 heteroatoms. The van der Waals surface area contributed by atoms with E-state index in [9.17, 15) is 12.8 Å². The van der Waals surface area contributed by atoms with Crippen LogP contribution in [0.15, 0.2) is 24.3 Å². The van der Waals surface area contributed by atoms with E-state index in [0.717, 1.165) is 0 Å². The van der Waals surface area contributed by atoms with Gasteiger partial charge in [0.05, 0.1) is 11.4 Å². The van der Waals surface area contributed by atoms with E-state index in [0.29, 0.717) is 25.3 Å². The van der Waals surface area contributed by atoms with Crippen LogP contribution in [0.4, 0.5) is 10.1 Å². The van der Waals surface area contributed by atoms with E-state index < -0.39 is 15.8 Å². The number of hydrogen-bond acceptors (Lipinski definition) is 3. The van der Waals surface area contributed by atoms with Crippen LogP contribution in [-0.2, 0) is 10.0 Å². The van der Waals surface area contributed by atoms with Crippen LogP contribution in [0.2, 0.25) is 0 Å². The van der Waals surface area contributed by atoms with E-state index in [2.05, 4.69) is 5.32 Å². The Bertz CT molecular complexity index is 475. The summed E-state index contributed by atoms with van der Waals surface area (Å²) in [6.45, 7) is 1.36. The highest BCUT2D eigenvalue weighted by atomic mass is 32.2. The lowest BCUT2D eigenvalue weighted by atomic mass is 10.3. The second-order valence-corrected chi connectivity index (χ2v) is 5.63. The molecule has 16 heavy (non-hydrogen) atoms. The molecule has 1 saturated heterocycles. The van der Waals surface area contributed by atoms with Gasteiger partial charge in [-0.25, -0.2) is 12.8 Å². The Kier molecular flexibility index (Phi) is 3.11. The first kappa shape index (κ1) is 11.3. The summed E-state index contributed by atoms with van der Waals surface area (Å²) in [6.07, 6.45) is 0. The molecular formula is C10H13FN2O2S. The molecule has 1 aliphatic rings. The summed E-state index contributed by atoms with van der Waals surface area (Å²) in [6, 6.07) is 5.65. The summed E-state index contributed by atoms with van der Waals surface area (Å²) in [5.74, 6) is -0.381. The van der Waals surface area contributed by atoms with Crippen LogP contribution in [0.3, 0.4) is 0 Å². The largest absolute Gasteiger partial charge is 0.314 e. The third kappa shape index (κ3) is 2.33. The van der Waals surface area contributed by atoms with Crippen molar-refractivity contribution in [1.82, 2.24) is 5.32 Å². The van der Waals surface area contributed by atoms with Crippen molar-refractivity contribution in [2.24, 2.45) is 0 Å². The van der Waals surface area contributed by atoms with E-state index >= 15 is 0 Å². The van der Waals surface area contributed by atoms with Crippen molar-refractivity contribution in [3.05, 3.63) is 30.1 Å². The first-order chi connectivity index (χ1) is 7.59. The number of sulfonamides is 1. The fraction of sp³-hybridized carbons (Fsp3) is 0.400. The van der Waals surface area contributed by atoms with Gasteiger partial charge in [0, 0.05) is 19.6 Å². The Balaban J connectivity index is 2.37. The van der Waals surface area contributed by atoms with E-state index in [1.807, 2.05) is 0 Å². The first-order valence-electron chi connectivity index (χ1n) is 5.06. The quantitative estimate of drug-likeness (QED) is 0.785. The van der Waals surface area contributed by atoms with Gasteiger partial charge in [-0.05, 0) is 18.2 Å². The van der Waals surface area contributed by atoms with Gasteiger partial charge in [0.15, 0.2) is 0 Å². The number of nitrogens with one attached hydrogen (secondary N) is 1. The molecule has 1 fully saturated rings. The fourth-order valence-corrected chi connectivity index (χ4v) is 3.10. The van der Waals surface area contributed by atoms with Gasteiger partial charge in [0.25, 0.3) is 0 Å². The number of halogens is 1. The summed E-state index contributed by atoms with van der Waals surface area (Å²) < 4.78 is 38.1. The molecule has 0 amide bonds. The molecule has 1 aromatic carbocycles. The Morgan fingerprint density at radius 1 is 1.31 bits per heavy atom. The number of rotatable bonds is 1. The maximum Gasteiger partial charge on any atom is 0.236 e. The summed E-state index contributed by atoms with van der Waals surface area (Å²) >= 11 is 0. The summed E-state index contributed by atoms with van der Waals surface area (Å²) in [7, 11) is -3.33. The highest BCUT2D eigenvalue weighted by Crippen LogP contribution is 2.19. The number of anilines is 1. The minimum absolute atomic E-state index is 0.0452. The predicted molar refractivity (Wildman–Crippen MR) is 60.4 cm³/mol. The summed E-state index contributed by atoms with van der Waals surface area (Å²) in [4.78, 5) is 0. The van der Waals surface area contributed by atoms with Crippen LogP contribution >= 0.6 is 0 Å². The lowest BCUT2D eigenvalue weighted by Crippen LogP contribution is -2.33. The van der Waals surface area contributed by atoms with Crippen LogP contribution in [-0.4, -0.2) is 33.8 Å². The smallest absolute Gasteiger partial charge is 0.236 e. The third-order valence-electron chi connectivity index (χ3n) is 2.46. The number of nitrogens with zero attached hydrogens (tertiary/aromatic N) is 1. The topological polar surface area (TPSA) is 49.4 Å². The molecule has 0 spiro atoms. The zero-order valence-corrected chi connectivity index (χ0v) is 9.50. The summed E-state index contributed by atoms with van der Waals surface area (Å²) in [5.41, 5.74) is 0.392. The third-order valence-corrected chi connectivity index (χ3v) is 4.25. The van der Waals surface area contributed by atoms with E-state index in [1.54, 1.807) is 6.07 Å². The molecular weight excluding hydrogens is 231 g/mol. The maximum absolute atomic E-state index is 13.0. The van der Waals surface area contributed by atoms with Gasteiger partial charge >= 0.3 is 0 Å². The van der Waals surface area contributed by atoms with Gasteiger partial charge in [-0.2, -0.15) is 0 Å². The second kappa shape index (κ2) is 4.39. The van der Waals surface area contributed by atoms with Crippen molar-refractivity contribution in [3.8, 4) is 0 Å². The first-order valence-corrected chi connectivity index (χ1v) is 6.67. The van der Waals surface area contributed by atoms with Gasteiger partial charge < -0.3 is 5.32 Å². The molecule has 0 bridgehead atoms. The lowest BCUT2D eigenvalue weighted by Gasteiger charge is -2.21. The molecule has 0 aliphatic carbocycles. The molecule has 1 aliphatic heterocycles. The molecule has 0 saturated carbocycles. The fourth-order valence-electron chi connectivity index (χ4n) is 1.68. The van der Waals surface area contributed by atoms with Gasteiger partial charge in [-0.15, -0.1) is 0 Å². The van der Waals surface area contributed by atoms with Crippen LogP contribution in [0.1, 0.15) is 0 Å². The normalized spacial score (nSPS) is 20.4. The number of hydrogen-bond donors (Lipinski definition) is 1. The molecule has 88 valence electrons. The van der Waals surface area contributed by atoms with Crippen molar-refractivity contribution in [3.63, 3.8) is 0 Å². The number of benzene rings is 1. The van der Waals surface area contributed by atoms with Crippen molar-refractivity contribution in [2.45, 2.75) is 0 Å². The molecule has 4 nitrogen and oxygen atoms in total. The molecule has 1 N–H and O–H groups in total. The molecule has 0 atom stereocenters. The van der Waals surface area contributed by atoms with E-state index in [-0.39, 0.29) is 5.75 Å². The monoisotopic (exact) mass is 244 g/mol. The summed E-state index contributed by atoms with van der Waals surface area (Å²) in [5, 5.41) is 3.00. The van der Waals surface area contributed by atoms with Gasteiger partial charge in [0.2, 0.25) is 10.0 Å². The second-order valence-electron chi connectivity index (χ2n) is 3.62. The zero-order valence-electron chi connectivity index (χ0n) is 8.69. The Labute approximate surface area is 94.1 Å². The van der Waals surface area contributed by atoms with Crippen molar-refractivity contribution < 1.29 is 12.8 Å². The molecule has 1 heterocycles. The average molecular weight is 244 g/mol. The van der Waals surface area contributed by atoms with Crippen molar-refractivity contribution in [1.29, 1.82) is 0 Å². The van der Waals surface area contributed by atoms with Gasteiger partial charge in [0.1, 0.15) is 5.82 Å². The maximum atomic E-state index is 13.0. The van der Waals surface area contributed by atoms with E-state index in [4.69, 9.17) is 0 Å². The molecule has 0 unspecified atom stereocenters. The van der Waals surface area contributed by atoms with Gasteiger partial charge in [-0.3, -0.25) is 4.31 Å². The van der Waals surface area contributed by atoms with Crippen LogP contribution in [0, 0.1) is 5.82 Å². The lowest BCUT2D eigenvalue weighted by molar-refractivity contribution is 0.593. The standard InChI is InChI=1S/C10H13FN2O2S/c11-9-2-1-3-10(8-9)13-6-4-12-5-7-16(13,14)15/h1-3,8,12H,4-7H2. The van der Waals surface area contributed by atoms with Crippen LogP contribution in [0.25, 0.3) is 0 Å². The predicted octanol–water partition coefficient (Wildman–Crippen LogP) is 0.565. The highest BCUT2D eigenvalue weighted by Gasteiger charge is 2.24. The van der Waals surface area contributed by atoms with Gasteiger partial charge in [-0.1, -0.05) is 6.07 Å². The van der Waals surface area contributed by atoms with Crippen LogP contribution in [0.5, 0.6) is 0 Å². The van der Waals surface area contributed by atoms with Crippen molar-refractivity contribution >= 4 is 15.7 Å². The Morgan fingerprint density at radius 3 is 2.88 bits per heavy atom. The van der Waals surface area contributed by atoms with Crippen LogP contribution < -0.4 is 9.62 Å². The Morgan fingerprint density at radius 2 is 2.12 bits per heavy atom. The molecule has 0 radical (unpaired) electrons. The molecule has 0 aromatic heterocycles. The molecule has 1 aromatic rings. The SMILES string of the molecule is O=S1(=O)CCNCCN1c1cccc(F)c1. The minimum Gasteiger partial charge on any atom is -0.314 e. The zero-order chi connectivity index (χ0) is 11.6. The highest BCUT2D eigenvalue weighted by molar-refractivity contribution is 7.92. The van der Waals surface area contributed by atoms with Crippen molar-refractivity contribution in [2.75, 3.05) is 29.7 Å². The van der Waals surface area contributed by atoms with E-state index in [1.165, 1.54) is 22.5 Å². The molecule has 2 rings (SSSR count). The Hall–Kier alpha value is -1.14. The minimum atomic E-state index is -3.33.